The minimum absolute atomic E-state index is 0.0610. The molecule has 0 aliphatic heterocycles. The molecule has 1 aromatic heterocycles. The van der Waals surface area contributed by atoms with E-state index in [1.807, 2.05) is 35.9 Å². The molecule has 0 unspecified atom stereocenters. The average molecular weight is 406 g/mol. The Morgan fingerprint density at radius 1 is 1.29 bits per heavy atom. The number of nitrogens with zero attached hydrogens (tertiary/aromatic N) is 1. The minimum atomic E-state index is -4.25. The maximum atomic E-state index is 13.9. The Kier molecular flexibility index (Phi) is 5.39. The third-order valence-electron chi connectivity index (χ3n) is 4.43. The summed E-state index contributed by atoms with van der Waals surface area (Å²) in [5.74, 6) is -2.29. The van der Waals surface area contributed by atoms with E-state index in [0.717, 1.165) is 23.0 Å². The molecule has 0 radical (unpaired) electrons. The molecular weight excluding hydrogens is 387 g/mol. The van der Waals surface area contributed by atoms with Gasteiger partial charge < -0.3 is 14.4 Å². The van der Waals surface area contributed by atoms with Gasteiger partial charge in [-0.3, -0.25) is 4.79 Å². The van der Waals surface area contributed by atoms with E-state index in [1.54, 1.807) is 6.20 Å². The van der Waals surface area contributed by atoms with Gasteiger partial charge in [0.05, 0.1) is 12.0 Å². The van der Waals surface area contributed by atoms with Gasteiger partial charge in [-0.15, -0.1) is 0 Å². The topological polar surface area (TPSA) is 97.6 Å². The van der Waals surface area contributed by atoms with Crippen LogP contribution in [0.4, 0.5) is 4.39 Å². The van der Waals surface area contributed by atoms with E-state index in [0.29, 0.717) is 5.56 Å². The maximum absolute atomic E-state index is 13.9. The number of para-hydroxylation sites is 1. The number of aliphatic carboxylic acids is 1. The van der Waals surface area contributed by atoms with Gasteiger partial charge in [-0.2, -0.15) is 4.72 Å². The Morgan fingerprint density at radius 3 is 2.64 bits per heavy atom. The first kappa shape index (κ1) is 19.8. The zero-order chi connectivity index (χ0) is 20.5. The molecule has 7 nitrogen and oxygen atoms in total. The van der Waals surface area contributed by atoms with Crippen molar-refractivity contribution in [2.24, 2.45) is 7.05 Å². The quantitative estimate of drug-likeness (QED) is 0.628. The molecule has 1 heterocycles. The lowest BCUT2D eigenvalue weighted by molar-refractivity contribution is -0.138. The summed E-state index contributed by atoms with van der Waals surface area (Å²) in [6, 6.07) is 9.12. The number of carboxylic acid groups (broad SMARTS) is 1. The van der Waals surface area contributed by atoms with Crippen LogP contribution in [0.1, 0.15) is 5.56 Å². The summed E-state index contributed by atoms with van der Waals surface area (Å²) in [4.78, 5) is 11.3. The Balaban J connectivity index is 1.90. The van der Waals surface area contributed by atoms with E-state index in [-0.39, 0.29) is 17.1 Å². The Hall–Kier alpha value is -2.91. The van der Waals surface area contributed by atoms with Gasteiger partial charge in [0.25, 0.3) is 0 Å². The number of fused-ring (bicyclic) bond motifs is 1. The van der Waals surface area contributed by atoms with E-state index in [2.05, 4.69) is 4.72 Å². The summed E-state index contributed by atoms with van der Waals surface area (Å²) in [6.45, 7) is 0. The fraction of sp³-hybridized carbons (Fsp3) is 0.211. The minimum Gasteiger partial charge on any atom is -0.494 e. The van der Waals surface area contributed by atoms with E-state index < -0.39 is 27.9 Å². The third-order valence-corrected chi connectivity index (χ3v) is 5.90. The zero-order valence-electron chi connectivity index (χ0n) is 15.2. The molecule has 0 saturated carbocycles. The van der Waals surface area contributed by atoms with Crippen molar-refractivity contribution in [1.29, 1.82) is 0 Å². The third kappa shape index (κ3) is 3.85. The van der Waals surface area contributed by atoms with E-state index >= 15 is 0 Å². The maximum Gasteiger partial charge on any atom is 0.322 e. The van der Waals surface area contributed by atoms with Crippen LogP contribution >= 0.6 is 0 Å². The summed E-state index contributed by atoms with van der Waals surface area (Å²) >= 11 is 0. The molecular formula is C19H19FN2O5S. The monoisotopic (exact) mass is 406 g/mol. The molecule has 3 rings (SSSR count). The second-order valence-corrected chi connectivity index (χ2v) is 8.01. The van der Waals surface area contributed by atoms with Crippen LogP contribution in [0.5, 0.6) is 5.75 Å². The number of ether oxygens (including phenoxy) is 1. The number of aromatic nitrogens is 1. The molecule has 0 bridgehead atoms. The van der Waals surface area contributed by atoms with Gasteiger partial charge in [0, 0.05) is 30.6 Å². The van der Waals surface area contributed by atoms with E-state index in [1.165, 1.54) is 13.2 Å². The number of rotatable bonds is 7. The Labute approximate surface area is 161 Å². The van der Waals surface area contributed by atoms with Gasteiger partial charge in [-0.1, -0.05) is 18.2 Å². The summed E-state index contributed by atoms with van der Waals surface area (Å²) in [6.07, 6.45) is 1.70. The van der Waals surface area contributed by atoms with Crippen molar-refractivity contribution in [3.63, 3.8) is 0 Å². The normalized spacial score (nSPS) is 12.8. The number of aryl methyl sites for hydroxylation is 1. The SMILES string of the molecule is COc1ccc(S(=O)(=O)N[C@@H](Cc2cn(C)c3ccccc23)C(=O)O)cc1F. The number of carbonyl (C=O) groups is 1. The molecule has 0 spiro atoms. The molecule has 2 N–H and O–H groups in total. The van der Waals surface area contributed by atoms with Gasteiger partial charge in [0.1, 0.15) is 6.04 Å². The highest BCUT2D eigenvalue weighted by Gasteiger charge is 2.27. The van der Waals surface area contributed by atoms with Crippen molar-refractivity contribution in [2.75, 3.05) is 7.11 Å². The highest BCUT2D eigenvalue weighted by atomic mass is 32.2. The van der Waals surface area contributed by atoms with Crippen molar-refractivity contribution < 1.29 is 27.4 Å². The van der Waals surface area contributed by atoms with E-state index in [9.17, 15) is 22.7 Å². The summed E-state index contributed by atoms with van der Waals surface area (Å²) < 4.78 is 47.8. The number of hydrogen-bond donors (Lipinski definition) is 2. The van der Waals surface area contributed by atoms with Crippen LogP contribution in [0.15, 0.2) is 53.6 Å². The molecule has 0 aliphatic carbocycles. The van der Waals surface area contributed by atoms with Gasteiger partial charge in [0.15, 0.2) is 11.6 Å². The summed E-state index contributed by atoms with van der Waals surface area (Å²) in [7, 11) is -1.17. The number of benzene rings is 2. The second kappa shape index (κ2) is 7.61. The van der Waals surface area contributed by atoms with Crippen LogP contribution in [-0.2, 0) is 28.3 Å². The second-order valence-electron chi connectivity index (χ2n) is 6.29. The lowest BCUT2D eigenvalue weighted by atomic mass is 10.1. The molecule has 1 atom stereocenters. The van der Waals surface area contributed by atoms with Crippen molar-refractivity contribution in [3.05, 3.63) is 60.0 Å². The Morgan fingerprint density at radius 2 is 2.00 bits per heavy atom. The van der Waals surface area contributed by atoms with Gasteiger partial charge in [-0.05, 0) is 29.8 Å². The van der Waals surface area contributed by atoms with E-state index in [4.69, 9.17) is 4.74 Å². The Bertz CT molecular complexity index is 1140. The standard InChI is InChI=1S/C19H19FN2O5S/c1-22-11-12(14-5-3-4-6-17(14)22)9-16(19(23)24)21-28(25,26)13-7-8-18(27-2)15(20)10-13/h3-8,10-11,16,21H,9H2,1-2H3,(H,23,24)/t16-/m0/s1. The molecule has 148 valence electrons. The number of nitrogens with one attached hydrogen (secondary N) is 1. The highest BCUT2D eigenvalue weighted by Crippen LogP contribution is 2.23. The fourth-order valence-electron chi connectivity index (χ4n) is 3.06. The van der Waals surface area contributed by atoms with Crippen LogP contribution < -0.4 is 9.46 Å². The summed E-state index contributed by atoms with van der Waals surface area (Å²) in [5.41, 5.74) is 1.59. The largest absolute Gasteiger partial charge is 0.494 e. The number of carboxylic acids is 1. The molecule has 28 heavy (non-hydrogen) atoms. The highest BCUT2D eigenvalue weighted by molar-refractivity contribution is 7.89. The van der Waals surface area contributed by atoms with Gasteiger partial charge in [-0.25, -0.2) is 12.8 Å². The lowest BCUT2D eigenvalue weighted by Gasteiger charge is -2.15. The van der Waals surface area contributed by atoms with Crippen molar-refractivity contribution in [2.45, 2.75) is 17.4 Å². The molecule has 0 saturated heterocycles. The van der Waals surface area contributed by atoms with Gasteiger partial charge >= 0.3 is 5.97 Å². The van der Waals surface area contributed by atoms with Crippen LogP contribution in [0, 0.1) is 5.82 Å². The van der Waals surface area contributed by atoms with Gasteiger partial charge in [0.2, 0.25) is 10.0 Å². The first-order chi connectivity index (χ1) is 13.2. The van der Waals surface area contributed by atoms with Crippen molar-refractivity contribution in [1.82, 2.24) is 9.29 Å². The number of halogens is 1. The summed E-state index contributed by atoms with van der Waals surface area (Å²) in [5, 5.41) is 10.4. The molecule has 9 heteroatoms. The smallest absolute Gasteiger partial charge is 0.322 e. The number of sulfonamides is 1. The van der Waals surface area contributed by atoms with Crippen LogP contribution in [0.25, 0.3) is 10.9 Å². The zero-order valence-corrected chi connectivity index (χ0v) is 16.0. The van der Waals surface area contributed by atoms with Crippen molar-refractivity contribution in [3.8, 4) is 5.75 Å². The first-order valence-electron chi connectivity index (χ1n) is 8.34. The molecule has 3 aromatic rings. The van der Waals surface area contributed by atoms with Crippen LogP contribution in [-0.4, -0.2) is 37.2 Å². The molecule has 0 fully saturated rings. The lowest BCUT2D eigenvalue weighted by Crippen LogP contribution is -2.42. The molecule has 0 amide bonds. The molecule has 0 aliphatic rings. The number of methoxy groups -OCH3 is 1. The van der Waals surface area contributed by atoms with Crippen molar-refractivity contribution >= 4 is 26.9 Å². The number of hydrogen-bond acceptors (Lipinski definition) is 4. The van der Waals surface area contributed by atoms with Crippen LogP contribution in [0.3, 0.4) is 0 Å². The first-order valence-corrected chi connectivity index (χ1v) is 9.83. The fourth-order valence-corrected chi connectivity index (χ4v) is 4.26. The van der Waals surface area contributed by atoms with Crippen LogP contribution in [0.2, 0.25) is 0 Å². The predicted octanol–water partition coefficient (Wildman–Crippen LogP) is 2.30. The average Bonchev–Trinajstić information content (AvgIpc) is 2.97. The predicted molar refractivity (Wildman–Crippen MR) is 101 cm³/mol. The molecule has 2 aromatic carbocycles.